The predicted octanol–water partition coefficient (Wildman–Crippen LogP) is 1.45. The normalized spacial score (nSPS) is 11.8. The van der Waals surface area contributed by atoms with E-state index in [1.165, 1.54) is 0 Å². The van der Waals surface area contributed by atoms with Gasteiger partial charge in [0, 0.05) is 18.7 Å². The second-order valence-electron chi connectivity index (χ2n) is 3.75. The van der Waals surface area contributed by atoms with Crippen LogP contribution in [0, 0.1) is 11.3 Å². The number of rotatable bonds is 7. The largest absolute Gasteiger partial charge is 0.478 e. The van der Waals surface area contributed by atoms with Crippen molar-refractivity contribution in [1.82, 2.24) is 5.32 Å². The molecule has 0 amide bonds. The van der Waals surface area contributed by atoms with Gasteiger partial charge < -0.3 is 15.2 Å². The summed E-state index contributed by atoms with van der Waals surface area (Å²) in [7, 11) is 0. The highest BCUT2D eigenvalue weighted by Gasteiger charge is 2.04. The lowest BCUT2D eigenvalue weighted by Crippen LogP contribution is -2.25. The van der Waals surface area contributed by atoms with E-state index < -0.39 is 0 Å². The summed E-state index contributed by atoms with van der Waals surface area (Å²) in [5, 5.41) is 21.0. The van der Waals surface area contributed by atoms with Crippen molar-refractivity contribution in [3.8, 4) is 11.8 Å². The number of aliphatic hydroxyl groups is 1. The third-order valence-electron chi connectivity index (χ3n) is 2.43. The zero-order valence-electron chi connectivity index (χ0n) is 10.0. The molecule has 0 saturated heterocycles. The molecular weight excluding hydrogens is 216 g/mol. The maximum Gasteiger partial charge on any atom is 0.174 e. The highest BCUT2D eigenvalue weighted by Crippen LogP contribution is 2.17. The van der Waals surface area contributed by atoms with E-state index in [0.717, 1.165) is 12.0 Å². The first-order valence-corrected chi connectivity index (χ1v) is 5.74. The fourth-order valence-corrected chi connectivity index (χ4v) is 1.42. The lowest BCUT2D eigenvalue weighted by atomic mass is 10.2. The Morgan fingerprint density at radius 2 is 2.24 bits per heavy atom. The number of nitrogens with zero attached hydrogens (tertiary/aromatic N) is 1. The molecule has 4 heteroatoms. The summed E-state index contributed by atoms with van der Waals surface area (Å²) in [6.07, 6.45) is 0.418. The molecule has 0 aliphatic heterocycles. The van der Waals surface area contributed by atoms with Gasteiger partial charge in [-0.3, -0.25) is 0 Å². The third kappa shape index (κ3) is 4.85. The SMILES string of the molecule is CCC(O)CNCc1ccccc1OCC#N. The molecule has 0 radical (unpaired) electrons. The van der Waals surface area contributed by atoms with Gasteiger partial charge in [0.25, 0.3) is 0 Å². The van der Waals surface area contributed by atoms with Gasteiger partial charge in [-0.25, -0.2) is 0 Å². The smallest absolute Gasteiger partial charge is 0.174 e. The average molecular weight is 234 g/mol. The van der Waals surface area contributed by atoms with E-state index in [1.54, 1.807) is 0 Å². The van der Waals surface area contributed by atoms with Crippen molar-refractivity contribution >= 4 is 0 Å². The van der Waals surface area contributed by atoms with Crippen molar-refractivity contribution in [3.63, 3.8) is 0 Å². The molecule has 1 unspecified atom stereocenters. The van der Waals surface area contributed by atoms with Gasteiger partial charge in [-0.15, -0.1) is 0 Å². The van der Waals surface area contributed by atoms with Gasteiger partial charge in [-0.2, -0.15) is 5.26 Å². The summed E-state index contributed by atoms with van der Waals surface area (Å²) in [5.41, 5.74) is 0.992. The number of para-hydroxylation sites is 1. The van der Waals surface area contributed by atoms with Crippen LogP contribution in [0.1, 0.15) is 18.9 Å². The van der Waals surface area contributed by atoms with E-state index in [4.69, 9.17) is 10.00 Å². The number of hydrogen-bond acceptors (Lipinski definition) is 4. The molecule has 0 heterocycles. The monoisotopic (exact) mass is 234 g/mol. The Morgan fingerprint density at radius 1 is 1.47 bits per heavy atom. The van der Waals surface area contributed by atoms with Crippen LogP contribution >= 0.6 is 0 Å². The Bertz CT molecular complexity index is 374. The van der Waals surface area contributed by atoms with Crippen molar-refractivity contribution in [2.24, 2.45) is 0 Å². The van der Waals surface area contributed by atoms with Crippen LogP contribution in [0.3, 0.4) is 0 Å². The minimum atomic E-state index is -0.317. The fraction of sp³-hybridized carbons (Fsp3) is 0.462. The van der Waals surface area contributed by atoms with Gasteiger partial charge in [0.15, 0.2) is 6.61 Å². The van der Waals surface area contributed by atoms with Gasteiger partial charge in [-0.1, -0.05) is 25.1 Å². The standard InChI is InChI=1S/C13H18N2O2/c1-2-12(16)10-15-9-11-5-3-4-6-13(11)17-8-7-14/h3-6,12,15-16H,2,8-10H2,1H3. The van der Waals surface area contributed by atoms with E-state index in [-0.39, 0.29) is 12.7 Å². The van der Waals surface area contributed by atoms with E-state index in [1.807, 2.05) is 37.3 Å². The van der Waals surface area contributed by atoms with Gasteiger partial charge in [-0.05, 0) is 12.5 Å². The van der Waals surface area contributed by atoms with Gasteiger partial charge >= 0.3 is 0 Å². The Morgan fingerprint density at radius 3 is 2.94 bits per heavy atom. The number of ether oxygens (including phenoxy) is 1. The highest BCUT2D eigenvalue weighted by molar-refractivity contribution is 5.33. The Hall–Kier alpha value is -1.57. The molecule has 4 nitrogen and oxygen atoms in total. The average Bonchev–Trinajstić information content (AvgIpc) is 2.37. The van der Waals surface area contributed by atoms with Crippen molar-refractivity contribution in [1.29, 1.82) is 5.26 Å². The van der Waals surface area contributed by atoms with E-state index in [0.29, 0.717) is 18.8 Å². The van der Waals surface area contributed by atoms with Crippen molar-refractivity contribution in [2.75, 3.05) is 13.2 Å². The molecule has 0 aromatic heterocycles. The number of nitrogens with one attached hydrogen (secondary N) is 1. The molecule has 17 heavy (non-hydrogen) atoms. The molecule has 92 valence electrons. The lowest BCUT2D eigenvalue weighted by Gasteiger charge is -2.12. The zero-order chi connectivity index (χ0) is 12.5. The number of hydrogen-bond donors (Lipinski definition) is 2. The maximum atomic E-state index is 9.41. The summed E-state index contributed by atoms with van der Waals surface area (Å²) in [6.45, 7) is 3.17. The lowest BCUT2D eigenvalue weighted by molar-refractivity contribution is 0.167. The van der Waals surface area contributed by atoms with Crippen LogP contribution < -0.4 is 10.1 Å². The van der Waals surface area contributed by atoms with Gasteiger partial charge in [0.1, 0.15) is 11.8 Å². The van der Waals surface area contributed by atoms with E-state index in [2.05, 4.69) is 5.32 Å². The molecule has 2 N–H and O–H groups in total. The Balaban J connectivity index is 2.49. The molecule has 0 aliphatic carbocycles. The van der Waals surface area contributed by atoms with Gasteiger partial charge in [0.2, 0.25) is 0 Å². The molecule has 1 aromatic carbocycles. The Labute approximate surface area is 102 Å². The highest BCUT2D eigenvalue weighted by atomic mass is 16.5. The second kappa shape index (κ2) is 7.66. The van der Waals surface area contributed by atoms with Crippen molar-refractivity contribution < 1.29 is 9.84 Å². The molecule has 0 spiro atoms. The van der Waals surface area contributed by atoms with Crippen LogP contribution in [0.25, 0.3) is 0 Å². The minimum absolute atomic E-state index is 0.0502. The quantitative estimate of drug-likeness (QED) is 0.749. The van der Waals surface area contributed by atoms with E-state index >= 15 is 0 Å². The molecule has 1 aromatic rings. The van der Waals surface area contributed by atoms with Crippen LogP contribution in [0.2, 0.25) is 0 Å². The summed E-state index contributed by atoms with van der Waals surface area (Å²) in [6, 6.07) is 9.52. The molecule has 1 atom stereocenters. The van der Waals surface area contributed by atoms with Crippen LogP contribution in [0.15, 0.2) is 24.3 Å². The molecule has 1 rings (SSSR count). The number of aliphatic hydroxyl groups excluding tert-OH is 1. The topological polar surface area (TPSA) is 65.3 Å². The third-order valence-corrected chi connectivity index (χ3v) is 2.43. The first kappa shape index (κ1) is 13.5. The predicted molar refractivity (Wildman–Crippen MR) is 65.6 cm³/mol. The number of benzene rings is 1. The number of nitriles is 1. The summed E-state index contributed by atoms with van der Waals surface area (Å²) in [4.78, 5) is 0. The van der Waals surface area contributed by atoms with E-state index in [9.17, 15) is 5.11 Å². The summed E-state index contributed by atoms with van der Waals surface area (Å²) < 4.78 is 5.31. The van der Waals surface area contributed by atoms with Crippen LogP contribution in [0.5, 0.6) is 5.75 Å². The second-order valence-corrected chi connectivity index (χ2v) is 3.75. The first-order chi connectivity index (χ1) is 8.27. The molecule has 0 saturated carbocycles. The minimum Gasteiger partial charge on any atom is -0.478 e. The fourth-order valence-electron chi connectivity index (χ4n) is 1.42. The van der Waals surface area contributed by atoms with Crippen molar-refractivity contribution in [2.45, 2.75) is 26.0 Å². The summed E-state index contributed by atoms with van der Waals surface area (Å²) >= 11 is 0. The zero-order valence-corrected chi connectivity index (χ0v) is 10.0. The molecule has 0 bridgehead atoms. The molecule has 0 fully saturated rings. The van der Waals surface area contributed by atoms with Crippen LogP contribution in [-0.4, -0.2) is 24.4 Å². The van der Waals surface area contributed by atoms with Crippen molar-refractivity contribution in [3.05, 3.63) is 29.8 Å². The Kier molecular flexibility index (Phi) is 6.08. The van der Waals surface area contributed by atoms with Gasteiger partial charge in [0.05, 0.1) is 6.10 Å². The van der Waals surface area contributed by atoms with Crippen LogP contribution in [-0.2, 0) is 6.54 Å². The molecule has 0 aliphatic rings. The summed E-state index contributed by atoms with van der Waals surface area (Å²) in [5.74, 6) is 0.715. The first-order valence-electron chi connectivity index (χ1n) is 5.74. The van der Waals surface area contributed by atoms with Crippen LogP contribution in [0.4, 0.5) is 0 Å². The molecular formula is C13H18N2O2. The maximum absolute atomic E-state index is 9.41.